The Morgan fingerprint density at radius 1 is 1.24 bits per heavy atom. The highest BCUT2D eigenvalue weighted by Crippen LogP contribution is 2.22. The van der Waals surface area contributed by atoms with Gasteiger partial charge in [0.25, 0.3) is 5.91 Å². The molecule has 0 aliphatic heterocycles. The SMILES string of the molecule is CC(C)C[C@H](CN)Nc1ncc(C(N)=O)c(Nc2cccc(-n3nccn3)c2)n1. The summed E-state index contributed by atoms with van der Waals surface area (Å²) in [4.78, 5) is 22.0. The summed E-state index contributed by atoms with van der Waals surface area (Å²) in [5, 5.41) is 14.6. The van der Waals surface area contributed by atoms with Gasteiger partial charge in [-0.3, -0.25) is 4.79 Å². The van der Waals surface area contributed by atoms with E-state index in [1.807, 2.05) is 24.3 Å². The van der Waals surface area contributed by atoms with Gasteiger partial charge < -0.3 is 22.1 Å². The Hall–Kier alpha value is -3.53. The average molecular weight is 395 g/mol. The van der Waals surface area contributed by atoms with Crippen molar-refractivity contribution in [2.45, 2.75) is 26.3 Å². The first kappa shape index (κ1) is 20.2. The van der Waals surface area contributed by atoms with Crippen LogP contribution in [0.25, 0.3) is 5.69 Å². The van der Waals surface area contributed by atoms with Crippen LogP contribution in [0.15, 0.2) is 42.9 Å². The third kappa shape index (κ3) is 5.26. The van der Waals surface area contributed by atoms with Crippen molar-refractivity contribution in [3.05, 3.63) is 48.4 Å². The van der Waals surface area contributed by atoms with E-state index in [2.05, 4.69) is 44.6 Å². The Morgan fingerprint density at radius 3 is 2.66 bits per heavy atom. The molecule has 3 rings (SSSR count). The molecule has 0 fully saturated rings. The van der Waals surface area contributed by atoms with Crippen molar-refractivity contribution < 1.29 is 4.79 Å². The van der Waals surface area contributed by atoms with Gasteiger partial charge in [0.15, 0.2) is 0 Å². The molecule has 0 unspecified atom stereocenters. The van der Waals surface area contributed by atoms with Gasteiger partial charge in [0, 0.05) is 24.5 Å². The van der Waals surface area contributed by atoms with Gasteiger partial charge >= 0.3 is 0 Å². The first-order valence-electron chi connectivity index (χ1n) is 9.33. The van der Waals surface area contributed by atoms with E-state index in [-0.39, 0.29) is 11.6 Å². The van der Waals surface area contributed by atoms with Crippen LogP contribution in [-0.2, 0) is 0 Å². The minimum absolute atomic E-state index is 0.0245. The van der Waals surface area contributed by atoms with Crippen LogP contribution in [0.4, 0.5) is 17.5 Å². The van der Waals surface area contributed by atoms with Crippen molar-refractivity contribution in [3.8, 4) is 5.69 Å². The Balaban J connectivity index is 1.87. The number of nitrogens with zero attached hydrogens (tertiary/aromatic N) is 5. The summed E-state index contributed by atoms with van der Waals surface area (Å²) < 4.78 is 0. The second-order valence-corrected chi connectivity index (χ2v) is 7.02. The molecule has 0 bridgehead atoms. The molecule has 2 heterocycles. The number of carbonyl (C=O) groups is 1. The highest BCUT2D eigenvalue weighted by atomic mass is 16.1. The van der Waals surface area contributed by atoms with Crippen LogP contribution in [0.1, 0.15) is 30.6 Å². The van der Waals surface area contributed by atoms with Crippen LogP contribution < -0.4 is 22.1 Å². The van der Waals surface area contributed by atoms with E-state index in [9.17, 15) is 4.79 Å². The molecule has 0 spiro atoms. The van der Waals surface area contributed by atoms with E-state index < -0.39 is 5.91 Å². The number of primary amides is 1. The van der Waals surface area contributed by atoms with Gasteiger partial charge in [-0.05, 0) is 30.5 Å². The molecule has 0 radical (unpaired) electrons. The van der Waals surface area contributed by atoms with Crippen LogP contribution in [0, 0.1) is 5.92 Å². The fourth-order valence-electron chi connectivity index (χ4n) is 2.89. The van der Waals surface area contributed by atoms with Crippen LogP contribution in [0.5, 0.6) is 0 Å². The first-order chi connectivity index (χ1) is 14.0. The molecule has 0 aliphatic rings. The fraction of sp³-hybridized carbons (Fsp3) is 0.316. The van der Waals surface area contributed by atoms with E-state index in [0.29, 0.717) is 29.9 Å². The predicted octanol–water partition coefficient (Wildman–Crippen LogP) is 1.69. The van der Waals surface area contributed by atoms with Crippen molar-refractivity contribution in [3.63, 3.8) is 0 Å². The van der Waals surface area contributed by atoms with E-state index in [1.165, 1.54) is 11.0 Å². The van der Waals surface area contributed by atoms with Crippen molar-refractivity contribution >= 4 is 23.4 Å². The number of nitrogens with two attached hydrogens (primary N) is 2. The van der Waals surface area contributed by atoms with Crippen molar-refractivity contribution in [2.24, 2.45) is 17.4 Å². The predicted molar refractivity (Wildman–Crippen MR) is 111 cm³/mol. The smallest absolute Gasteiger partial charge is 0.254 e. The number of aromatic nitrogens is 5. The maximum Gasteiger partial charge on any atom is 0.254 e. The van der Waals surface area contributed by atoms with Crippen LogP contribution >= 0.6 is 0 Å². The third-order valence-electron chi connectivity index (χ3n) is 4.19. The molecular formula is C19H25N9O. The van der Waals surface area contributed by atoms with Gasteiger partial charge in [-0.25, -0.2) is 4.98 Å². The maximum absolute atomic E-state index is 11.8. The lowest BCUT2D eigenvalue weighted by molar-refractivity contribution is 0.100. The molecule has 0 aliphatic carbocycles. The molecule has 1 atom stereocenters. The maximum atomic E-state index is 11.8. The number of carbonyl (C=O) groups excluding carboxylic acids is 1. The van der Waals surface area contributed by atoms with Gasteiger partial charge in [-0.1, -0.05) is 19.9 Å². The summed E-state index contributed by atoms with van der Waals surface area (Å²) in [6.45, 7) is 4.69. The zero-order valence-corrected chi connectivity index (χ0v) is 16.4. The molecule has 1 amide bonds. The normalized spacial score (nSPS) is 12.0. The number of benzene rings is 1. The molecule has 0 saturated heterocycles. The van der Waals surface area contributed by atoms with Crippen molar-refractivity contribution in [2.75, 3.05) is 17.2 Å². The molecule has 152 valence electrons. The van der Waals surface area contributed by atoms with Gasteiger partial charge in [-0.2, -0.15) is 20.0 Å². The molecule has 0 saturated carbocycles. The van der Waals surface area contributed by atoms with Gasteiger partial charge in [0.1, 0.15) is 11.4 Å². The lowest BCUT2D eigenvalue weighted by Gasteiger charge is -2.19. The van der Waals surface area contributed by atoms with Crippen molar-refractivity contribution in [1.29, 1.82) is 0 Å². The molecule has 29 heavy (non-hydrogen) atoms. The Morgan fingerprint density at radius 2 is 2.00 bits per heavy atom. The van der Waals surface area contributed by atoms with E-state index >= 15 is 0 Å². The highest BCUT2D eigenvalue weighted by molar-refractivity contribution is 5.98. The first-order valence-corrected chi connectivity index (χ1v) is 9.33. The number of hydrogen-bond donors (Lipinski definition) is 4. The zero-order chi connectivity index (χ0) is 20.8. The molecule has 10 nitrogen and oxygen atoms in total. The number of hydrogen-bond acceptors (Lipinski definition) is 8. The minimum Gasteiger partial charge on any atom is -0.365 e. The average Bonchev–Trinajstić information content (AvgIpc) is 3.22. The summed E-state index contributed by atoms with van der Waals surface area (Å²) >= 11 is 0. The van der Waals surface area contributed by atoms with Crippen LogP contribution in [0.2, 0.25) is 0 Å². The lowest BCUT2D eigenvalue weighted by Crippen LogP contribution is -2.31. The quantitative estimate of drug-likeness (QED) is 0.427. The molecule has 10 heteroatoms. The number of anilines is 3. The number of nitrogens with one attached hydrogen (secondary N) is 2. The fourth-order valence-corrected chi connectivity index (χ4v) is 2.89. The van der Waals surface area contributed by atoms with E-state index in [4.69, 9.17) is 11.5 Å². The van der Waals surface area contributed by atoms with Gasteiger partial charge in [0.05, 0.1) is 18.1 Å². The summed E-state index contributed by atoms with van der Waals surface area (Å²) in [6, 6.07) is 7.41. The summed E-state index contributed by atoms with van der Waals surface area (Å²) in [5.41, 5.74) is 13.0. The van der Waals surface area contributed by atoms with E-state index in [1.54, 1.807) is 12.4 Å². The van der Waals surface area contributed by atoms with Gasteiger partial charge in [-0.15, -0.1) is 0 Å². The van der Waals surface area contributed by atoms with E-state index in [0.717, 1.165) is 12.1 Å². The molecule has 6 N–H and O–H groups in total. The third-order valence-corrected chi connectivity index (χ3v) is 4.19. The van der Waals surface area contributed by atoms with Gasteiger partial charge in [0.2, 0.25) is 5.95 Å². The molecule has 1 aromatic carbocycles. The summed E-state index contributed by atoms with van der Waals surface area (Å²) in [5.74, 6) is 0.526. The Bertz CT molecular complexity index is 956. The minimum atomic E-state index is -0.624. The number of amides is 1. The van der Waals surface area contributed by atoms with Crippen molar-refractivity contribution in [1.82, 2.24) is 25.0 Å². The largest absolute Gasteiger partial charge is 0.365 e. The second kappa shape index (κ2) is 9.11. The molecule has 3 aromatic rings. The van der Waals surface area contributed by atoms with Crippen LogP contribution in [-0.4, -0.2) is 43.5 Å². The highest BCUT2D eigenvalue weighted by Gasteiger charge is 2.15. The lowest BCUT2D eigenvalue weighted by atomic mass is 10.0. The topological polar surface area (TPSA) is 150 Å². The van der Waals surface area contributed by atoms with Crippen LogP contribution in [0.3, 0.4) is 0 Å². The molecule has 2 aromatic heterocycles. The number of rotatable bonds is 9. The Labute approximate surface area is 168 Å². The Kier molecular flexibility index (Phi) is 6.35. The summed E-state index contributed by atoms with van der Waals surface area (Å²) in [7, 11) is 0. The second-order valence-electron chi connectivity index (χ2n) is 7.02. The zero-order valence-electron chi connectivity index (χ0n) is 16.4. The standard InChI is InChI=1S/C19H25N9O/c1-12(2)8-14(10-20)26-19-22-11-16(17(21)29)18(27-19)25-13-4-3-5-15(9-13)28-23-6-7-24-28/h3-7,9,11-12,14H,8,10,20H2,1-2H3,(H2,21,29)(H2,22,25,26,27)/t14-/m1/s1. The molecular weight excluding hydrogens is 370 g/mol. The monoisotopic (exact) mass is 395 g/mol. The summed E-state index contributed by atoms with van der Waals surface area (Å²) in [6.07, 6.45) is 5.47.